The van der Waals surface area contributed by atoms with Gasteiger partial charge in [-0.05, 0) is 33.8 Å². The Morgan fingerprint density at radius 2 is 1.61 bits per heavy atom. The molecule has 0 aliphatic rings. The van der Waals surface area contributed by atoms with Crippen LogP contribution >= 0.6 is 0 Å². The van der Waals surface area contributed by atoms with Gasteiger partial charge in [0.1, 0.15) is 5.60 Å². The minimum absolute atomic E-state index is 0.229. The van der Waals surface area contributed by atoms with Crippen LogP contribution in [0.4, 0.5) is 0 Å². The smallest absolute Gasteiger partial charge is 0.217 e. The fourth-order valence-corrected chi connectivity index (χ4v) is 1.67. The van der Waals surface area contributed by atoms with Gasteiger partial charge in [-0.15, -0.1) is 0 Å². The lowest BCUT2D eigenvalue weighted by atomic mass is 10.1. The number of hydrogen-bond acceptors (Lipinski definition) is 2. The summed E-state index contributed by atoms with van der Waals surface area (Å²) in [6.45, 7) is 8.11. The minimum Gasteiger partial charge on any atom is -0.472 e. The van der Waals surface area contributed by atoms with Crippen molar-refractivity contribution in [3.05, 3.63) is 48.0 Å². The Kier molecular flexibility index (Phi) is 3.37. The van der Waals surface area contributed by atoms with Gasteiger partial charge in [0.05, 0.1) is 5.69 Å². The van der Waals surface area contributed by atoms with Crippen molar-refractivity contribution >= 4 is 0 Å². The number of ether oxygens (including phenoxy) is 1. The third-order valence-corrected chi connectivity index (χ3v) is 2.52. The van der Waals surface area contributed by atoms with Crippen molar-refractivity contribution in [2.24, 2.45) is 0 Å². The van der Waals surface area contributed by atoms with Gasteiger partial charge in [-0.2, -0.15) is 0 Å². The van der Waals surface area contributed by atoms with Crippen LogP contribution in [-0.4, -0.2) is 10.6 Å². The van der Waals surface area contributed by atoms with Crippen LogP contribution < -0.4 is 4.74 Å². The Morgan fingerprint density at radius 3 is 2.22 bits per heavy atom. The van der Waals surface area contributed by atoms with E-state index >= 15 is 0 Å². The van der Waals surface area contributed by atoms with Gasteiger partial charge in [0.2, 0.25) is 5.88 Å². The summed E-state index contributed by atoms with van der Waals surface area (Å²) in [4.78, 5) is 4.61. The lowest BCUT2D eigenvalue weighted by molar-refractivity contribution is 0.123. The molecular weight excluding hydrogens is 222 g/mol. The molecule has 2 rings (SSSR count). The van der Waals surface area contributed by atoms with Crippen LogP contribution in [0.25, 0.3) is 11.3 Å². The highest BCUT2D eigenvalue weighted by atomic mass is 16.5. The normalized spacial score (nSPS) is 11.3. The van der Waals surface area contributed by atoms with Gasteiger partial charge in [0, 0.05) is 11.1 Å². The van der Waals surface area contributed by atoms with E-state index in [4.69, 9.17) is 4.74 Å². The first-order chi connectivity index (χ1) is 8.46. The first-order valence-electron chi connectivity index (χ1n) is 6.18. The third-order valence-electron chi connectivity index (χ3n) is 2.52. The molecule has 0 spiro atoms. The van der Waals surface area contributed by atoms with Crippen molar-refractivity contribution in [2.75, 3.05) is 0 Å². The molecule has 0 N–H and O–H groups in total. The second-order valence-electron chi connectivity index (χ2n) is 5.40. The molecule has 0 radical (unpaired) electrons. The molecule has 1 aromatic heterocycles. The molecule has 18 heavy (non-hydrogen) atoms. The molecule has 0 saturated carbocycles. The summed E-state index contributed by atoms with van der Waals surface area (Å²) in [6, 6.07) is 14.2. The molecule has 2 nitrogen and oxygen atoms in total. The van der Waals surface area contributed by atoms with E-state index in [0.717, 1.165) is 16.8 Å². The van der Waals surface area contributed by atoms with Gasteiger partial charge >= 0.3 is 0 Å². The number of rotatable bonds is 2. The number of hydrogen-bond donors (Lipinski definition) is 0. The second kappa shape index (κ2) is 4.81. The molecule has 0 atom stereocenters. The van der Waals surface area contributed by atoms with Crippen LogP contribution in [0.5, 0.6) is 5.88 Å². The van der Waals surface area contributed by atoms with Crippen molar-refractivity contribution in [3.63, 3.8) is 0 Å². The van der Waals surface area contributed by atoms with Crippen LogP contribution in [0.3, 0.4) is 0 Å². The van der Waals surface area contributed by atoms with Crippen LogP contribution in [0, 0.1) is 6.92 Å². The highest BCUT2D eigenvalue weighted by molar-refractivity contribution is 5.60. The van der Waals surface area contributed by atoms with E-state index in [1.165, 1.54) is 0 Å². The molecule has 2 aromatic rings. The summed E-state index contributed by atoms with van der Waals surface area (Å²) in [5, 5.41) is 0. The molecule has 0 fully saturated rings. The van der Waals surface area contributed by atoms with E-state index in [1.807, 2.05) is 52.0 Å². The van der Waals surface area contributed by atoms with Gasteiger partial charge in [-0.3, -0.25) is 0 Å². The molecule has 0 aliphatic carbocycles. The molecule has 0 aliphatic heterocycles. The van der Waals surface area contributed by atoms with E-state index in [1.54, 1.807) is 0 Å². The average molecular weight is 241 g/mol. The molecule has 0 amide bonds. The molecule has 1 aromatic carbocycles. The van der Waals surface area contributed by atoms with Crippen LogP contribution in [0.15, 0.2) is 42.5 Å². The Bertz CT molecular complexity index is 527. The topological polar surface area (TPSA) is 22.1 Å². The Labute approximate surface area is 109 Å². The maximum Gasteiger partial charge on any atom is 0.217 e. The van der Waals surface area contributed by atoms with E-state index in [9.17, 15) is 0 Å². The van der Waals surface area contributed by atoms with Crippen LogP contribution in [0.2, 0.25) is 0 Å². The molecule has 1 heterocycles. The summed E-state index contributed by atoms with van der Waals surface area (Å²) in [5.74, 6) is 0.712. The third kappa shape index (κ3) is 3.10. The fraction of sp³-hybridized carbons (Fsp3) is 0.312. The standard InChI is InChI=1S/C16H19NO/c1-12-10-11-14(13-8-6-5-7-9-13)17-15(12)18-16(2,3)4/h5-11H,1-4H3. The molecule has 94 valence electrons. The molecule has 0 unspecified atom stereocenters. The van der Waals surface area contributed by atoms with Gasteiger partial charge in [-0.1, -0.05) is 36.4 Å². The fourth-order valence-electron chi connectivity index (χ4n) is 1.67. The predicted molar refractivity (Wildman–Crippen MR) is 74.8 cm³/mol. The van der Waals surface area contributed by atoms with E-state index in [0.29, 0.717) is 5.88 Å². The van der Waals surface area contributed by atoms with Crippen molar-refractivity contribution in [1.29, 1.82) is 0 Å². The number of nitrogens with zero attached hydrogens (tertiary/aromatic N) is 1. The monoisotopic (exact) mass is 241 g/mol. The number of aryl methyl sites for hydroxylation is 1. The Hall–Kier alpha value is -1.83. The first kappa shape index (κ1) is 12.6. The Morgan fingerprint density at radius 1 is 0.944 bits per heavy atom. The number of aromatic nitrogens is 1. The SMILES string of the molecule is Cc1ccc(-c2ccccc2)nc1OC(C)(C)C. The second-order valence-corrected chi connectivity index (χ2v) is 5.40. The van der Waals surface area contributed by atoms with E-state index < -0.39 is 0 Å². The van der Waals surface area contributed by atoms with Gasteiger partial charge in [0.25, 0.3) is 0 Å². The lowest BCUT2D eigenvalue weighted by Crippen LogP contribution is -2.24. The minimum atomic E-state index is -0.229. The summed E-state index contributed by atoms with van der Waals surface area (Å²) in [7, 11) is 0. The lowest BCUT2D eigenvalue weighted by Gasteiger charge is -2.22. The maximum atomic E-state index is 5.88. The predicted octanol–water partition coefficient (Wildman–Crippen LogP) is 4.23. The molecular formula is C16H19NO. The quantitative estimate of drug-likeness (QED) is 0.784. The summed E-state index contributed by atoms with van der Waals surface area (Å²) in [5.41, 5.74) is 2.88. The number of pyridine rings is 1. The zero-order valence-corrected chi connectivity index (χ0v) is 11.4. The summed E-state index contributed by atoms with van der Waals surface area (Å²) < 4.78 is 5.88. The molecule has 0 bridgehead atoms. The van der Waals surface area contributed by atoms with E-state index in [2.05, 4.69) is 23.2 Å². The highest BCUT2D eigenvalue weighted by Crippen LogP contribution is 2.25. The van der Waals surface area contributed by atoms with Crippen molar-refractivity contribution in [2.45, 2.75) is 33.3 Å². The largest absolute Gasteiger partial charge is 0.472 e. The summed E-state index contributed by atoms with van der Waals surface area (Å²) >= 11 is 0. The van der Waals surface area contributed by atoms with E-state index in [-0.39, 0.29) is 5.60 Å². The zero-order valence-electron chi connectivity index (χ0n) is 11.4. The van der Waals surface area contributed by atoms with Crippen LogP contribution in [-0.2, 0) is 0 Å². The van der Waals surface area contributed by atoms with Crippen molar-refractivity contribution < 1.29 is 4.74 Å². The molecule has 0 saturated heterocycles. The van der Waals surface area contributed by atoms with Crippen molar-refractivity contribution in [1.82, 2.24) is 4.98 Å². The average Bonchev–Trinajstić information content (AvgIpc) is 2.31. The first-order valence-corrected chi connectivity index (χ1v) is 6.18. The Balaban J connectivity index is 2.38. The van der Waals surface area contributed by atoms with Gasteiger partial charge < -0.3 is 4.74 Å². The van der Waals surface area contributed by atoms with Crippen LogP contribution in [0.1, 0.15) is 26.3 Å². The van der Waals surface area contributed by atoms with Gasteiger partial charge in [-0.25, -0.2) is 4.98 Å². The highest BCUT2D eigenvalue weighted by Gasteiger charge is 2.15. The zero-order chi connectivity index (χ0) is 13.2. The maximum absolute atomic E-state index is 5.88. The molecule has 2 heteroatoms. The summed E-state index contributed by atoms with van der Waals surface area (Å²) in [6.07, 6.45) is 0. The van der Waals surface area contributed by atoms with Crippen molar-refractivity contribution in [3.8, 4) is 17.1 Å². The number of benzene rings is 1. The van der Waals surface area contributed by atoms with Gasteiger partial charge in [0.15, 0.2) is 0 Å².